The van der Waals surface area contributed by atoms with E-state index < -0.39 is 0 Å². The fourth-order valence-electron chi connectivity index (χ4n) is 4.23. The Morgan fingerprint density at radius 1 is 0.950 bits per heavy atom. The first kappa shape index (κ1) is 16.3. The summed E-state index contributed by atoms with van der Waals surface area (Å²) < 4.78 is 6.06. The lowest BCUT2D eigenvalue weighted by Crippen LogP contribution is -2.51. The predicted octanol–water partition coefficient (Wildman–Crippen LogP) is 4.48. The molecule has 2 unspecified atom stereocenters. The van der Waals surface area contributed by atoms with Crippen molar-refractivity contribution in [2.75, 3.05) is 6.54 Å². The minimum absolute atomic E-state index is 0.366. The van der Waals surface area contributed by atoms with Crippen LogP contribution in [0.4, 0.5) is 0 Å². The Bertz CT molecular complexity index is 271. The molecule has 1 saturated heterocycles. The molecule has 1 aliphatic carbocycles. The van der Waals surface area contributed by atoms with Crippen LogP contribution in [0.2, 0.25) is 0 Å². The lowest BCUT2D eigenvalue weighted by Gasteiger charge is -2.45. The van der Waals surface area contributed by atoms with Crippen molar-refractivity contribution < 1.29 is 4.74 Å². The molecule has 2 aliphatic rings. The first-order valence-corrected chi connectivity index (χ1v) is 8.87. The molecule has 0 N–H and O–H groups in total. The molecule has 2 fully saturated rings. The van der Waals surface area contributed by atoms with Gasteiger partial charge in [0.2, 0.25) is 0 Å². The van der Waals surface area contributed by atoms with Gasteiger partial charge in [-0.25, -0.2) is 0 Å². The van der Waals surface area contributed by atoms with Crippen molar-refractivity contribution >= 4 is 0 Å². The van der Waals surface area contributed by atoms with Gasteiger partial charge in [0, 0.05) is 18.6 Å². The SMILES string of the molecule is CC1CCC(CN2C(C)CC(OC(C)C)CC2C)CC1. The number of likely N-dealkylation sites (tertiary alicyclic amines) is 1. The summed E-state index contributed by atoms with van der Waals surface area (Å²) in [7, 11) is 0. The summed E-state index contributed by atoms with van der Waals surface area (Å²) >= 11 is 0. The number of piperidine rings is 1. The molecule has 2 heteroatoms. The van der Waals surface area contributed by atoms with Gasteiger partial charge in [-0.15, -0.1) is 0 Å². The van der Waals surface area contributed by atoms with Gasteiger partial charge < -0.3 is 4.74 Å². The van der Waals surface area contributed by atoms with Crippen LogP contribution in [0.3, 0.4) is 0 Å². The molecule has 0 aromatic rings. The van der Waals surface area contributed by atoms with Crippen molar-refractivity contribution in [2.24, 2.45) is 11.8 Å². The smallest absolute Gasteiger partial charge is 0.0608 e. The number of nitrogens with zero attached hydrogens (tertiary/aromatic N) is 1. The van der Waals surface area contributed by atoms with Crippen LogP contribution in [-0.4, -0.2) is 35.7 Å². The van der Waals surface area contributed by atoms with E-state index >= 15 is 0 Å². The van der Waals surface area contributed by atoms with E-state index in [4.69, 9.17) is 4.74 Å². The maximum Gasteiger partial charge on any atom is 0.0608 e. The van der Waals surface area contributed by atoms with Gasteiger partial charge >= 0.3 is 0 Å². The number of hydrogen-bond donors (Lipinski definition) is 0. The Kier molecular flexibility index (Phi) is 5.92. The van der Waals surface area contributed by atoms with Crippen molar-refractivity contribution in [1.82, 2.24) is 4.90 Å². The predicted molar refractivity (Wildman–Crippen MR) is 86.0 cm³/mol. The van der Waals surface area contributed by atoms with Gasteiger partial charge in [-0.2, -0.15) is 0 Å². The number of ether oxygens (including phenoxy) is 1. The summed E-state index contributed by atoms with van der Waals surface area (Å²) in [5.74, 6) is 1.91. The Hall–Kier alpha value is -0.0800. The normalized spacial score (nSPS) is 40.2. The summed E-state index contributed by atoms with van der Waals surface area (Å²) in [6.07, 6.45) is 9.05. The van der Waals surface area contributed by atoms with E-state index in [1.807, 2.05) is 0 Å². The summed E-state index contributed by atoms with van der Waals surface area (Å²) in [5, 5.41) is 0. The Morgan fingerprint density at radius 3 is 2.00 bits per heavy atom. The van der Waals surface area contributed by atoms with E-state index in [0.717, 1.165) is 11.8 Å². The topological polar surface area (TPSA) is 12.5 Å². The monoisotopic (exact) mass is 281 g/mol. The van der Waals surface area contributed by atoms with Gasteiger partial charge in [0.25, 0.3) is 0 Å². The highest BCUT2D eigenvalue weighted by atomic mass is 16.5. The molecule has 0 aromatic heterocycles. The Morgan fingerprint density at radius 2 is 1.50 bits per heavy atom. The molecule has 2 nitrogen and oxygen atoms in total. The molecule has 1 aliphatic heterocycles. The van der Waals surface area contributed by atoms with E-state index in [2.05, 4.69) is 39.5 Å². The van der Waals surface area contributed by atoms with E-state index in [9.17, 15) is 0 Å². The summed E-state index contributed by atoms with van der Waals surface area (Å²) in [5.41, 5.74) is 0. The van der Waals surface area contributed by atoms with Crippen LogP contribution in [-0.2, 0) is 4.74 Å². The quantitative estimate of drug-likeness (QED) is 0.753. The van der Waals surface area contributed by atoms with Crippen LogP contribution < -0.4 is 0 Å². The fraction of sp³-hybridized carbons (Fsp3) is 1.00. The first-order chi connectivity index (χ1) is 9.45. The van der Waals surface area contributed by atoms with Crippen molar-refractivity contribution in [1.29, 1.82) is 0 Å². The number of rotatable bonds is 4. The molecule has 2 rings (SSSR count). The van der Waals surface area contributed by atoms with Crippen molar-refractivity contribution in [3.8, 4) is 0 Å². The second kappa shape index (κ2) is 7.26. The zero-order valence-corrected chi connectivity index (χ0v) is 14.3. The highest BCUT2D eigenvalue weighted by Crippen LogP contribution is 2.32. The second-order valence-corrected chi connectivity index (χ2v) is 7.80. The lowest BCUT2D eigenvalue weighted by molar-refractivity contribution is -0.0631. The van der Waals surface area contributed by atoms with Crippen LogP contribution >= 0.6 is 0 Å². The van der Waals surface area contributed by atoms with E-state index in [-0.39, 0.29) is 0 Å². The van der Waals surface area contributed by atoms with E-state index in [1.165, 1.54) is 45.1 Å². The minimum atomic E-state index is 0.366. The van der Waals surface area contributed by atoms with Crippen LogP contribution in [0.15, 0.2) is 0 Å². The Balaban J connectivity index is 1.83. The molecule has 0 radical (unpaired) electrons. The molecule has 1 saturated carbocycles. The zero-order valence-electron chi connectivity index (χ0n) is 14.3. The van der Waals surface area contributed by atoms with Crippen LogP contribution in [0.25, 0.3) is 0 Å². The van der Waals surface area contributed by atoms with Gasteiger partial charge in [0.05, 0.1) is 12.2 Å². The standard InChI is InChI=1S/C18H35NO/c1-13(2)20-18-10-15(4)19(16(5)11-18)12-17-8-6-14(3)7-9-17/h13-18H,6-12H2,1-5H3. The van der Waals surface area contributed by atoms with E-state index in [0.29, 0.717) is 24.3 Å². The van der Waals surface area contributed by atoms with Crippen molar-refractivity contribution in [2.45, 2.75) is 97.4 Å². The molecule has 20 heavy (non-hydrogen) atoms. The second-order valence-electron chi connectivity index (χ2n) is 7.80. The third-order valence-corrected chi connectivity index (χ3v) is 5.41. The zero-order chi connectivity index (χ0) is 14.7. The van der Waals surface area contributed by atoms with Gasteiger partial charge in [-0.1, -0.05) is 19.8 Å². The van der Waals surface area contributed by atoms with Crippen LogP contribution in [0.1, 0.15) is 73.1 Å². The molecular weight excluding hydrogens is 246 g/mol. The molecule has 0 spiro atoms. The molecule has 0 bridgehead atoms. The molecule has 1 heterocycles. The van der Waals surface area contributed by atoms with Gasteiger partial charge in [0.15, 0.2) is 0 Å². The Labute approximate surface area is 126 Å². The van der Waals surface area contributed by atoms with Gasteiger partial charge in [0.1, 0.15) is 0 Å². The average molecular weight is 281 g/mol. The maximum absolute atomic E-state index is 6.06. The molecular formula is C18H35NO. The fourth-order valence-corrected chi connectivity index (χ4v) is 4.23. The average Bonchev–Trinajstić information content (AvgIpc) is 2.35. The van der Waals surface area contributed by atoms with Gasteiger partial charge in [-0.3, -0.25) is 4.90 Å². The van der Waals surface area contributed by atoms with E-state index in [1.54, 1.807) is 0 Å². The molecule has 0 amide bonds. The third-order valence-electron chi connectivity index (χ3n) is 5.41. The largest absolute Gasteiger partial charge is 0.375 e. The van der Waals surface area contributed by atoms with Crippen LogP contribution in [0, 0.1) is 11.8 Å². The summed E-state index contributed by atoms with van der Waals surface area (Å²) in [4.78, 5) is 2.76. The van der Waals surface area contributed by atoms with Crippen molar-refractivity contribution in [3.63, 3.8) is 0 Å². The minimum Gasteiger partial charge on any atom is -0.375 e. The summed E-state index contributed by atoms with van der Waals surface area (Å²) in [6.45, 7) is 12.9. The van der Waals surface area contributed by atoms with Crippen LogP contribution in [0.5, 0.6) is 0 Å². The lowest BCUT2D eigenvalue weighted by atomic mass is 9.82. The summed E-state index contributed by atoms with van der Waals surface area (Å²) in [6, 6.07) is 1.36. The van der Waals surface area contributed by atoms with Crippen molar-refractivity contribution in [3.05, 3.63) is 0 Å². The molecule has 0 aromatic carbocycles. The van der Waals surface area contributed by atoms with Gasteiger partial charge in [-0.05, 0) is 65.2 Å². The molecule has 118 valence electrons. The third kappa shape index (κ3) is 4.46. The first-order valence-electron chi connectivity index (χ1n) is 8.87. The maximum atomic E-state index is 6.06. The highest BCUT2D eigenvalue weighted by Gasteiger charge is 2.33. The number of hydrogen-bond acceptors (Lipinski definition) is 2. The molecule has 2 atom stereocenters. The highest BCUT2D eigenvalue weighted by molar-refractivity contribution is 4.87.